The van der Waals surface area contributed by atoms with E-state index in [0.717, 1.165) is 24.7 Å². The predicted molar refractivity (Wildman–Crippen MR) is 85.0 cm³/mol. The van der Waals surface area contributed by atoms with Crippen molar-refractivity contribution in [2.24, 2.45) is 0 Å². The normalized spacial score (nSPS) is 26.5. The molecule has 1 aromatic heterocycles. The van der Waals surface area contributed by atoms with Crippen molar-refractivity contribution in [3.8, 4) is 0 Å². The third-order valence-corrected chi connectivity index (χ3v) is 4.70. The van der Waals surface area contributed by atoms with Gasteiger partial charge in [0.1, 0.15) is 11.6 Å². The number of aromatic amines is 1. The first-order chi connectivity index (χ1) is 10.1. The number of nitrogens with one attached hydrogen (secondary N) is 2. The number of H-pyrrole nitrogens is 1. The highest BCUT2D eigenvalue weighted by molar-refractivity contribution is 5.40. The van der Waals surface area contributed by atoms with Crippen molar-refractivity contribution in [1.82, 2.24) is 15.3 Å². The molecule has 2 atom stereocenters. The molecule has 5 heteroatoms. The van der Waals surface area contributed by atoms with E-state index in [0.29, 0.717) is 12.1 Å². The van der Waals surface area contributed by atoms with Crippen LogP contribution in [0.2, 0.25) is 0 Å². The first-order valence-corrected chi connectivity index (χ1v) is 8.26. The van der Waals surface area contributed by atoms with Crippen molar-refractivity contribution in [3.05, 3.63) is 22.2 Å². The van der Waals surface area contributed by atoms with Crippen LogP contribution in [-0.4, -0.2) is 35.1 Å². The molecular weight excluding hydrogens is 264 g/mol. The third kappa shape index (κ3) is 3.12. The summed E-state index contributed by atoms with van der Waals surface area (Å²) in [6.07, 6.45) is 6.16. The lowest BCUT2D eigenvalue weighted by molar-refractivity contribution is 0.375. The van der Waals surface area contributed by atoms with Crippen molar-refractivity contribution in [3.63, 3.8) is 0 Å². The van der Waals surface area contributed by atoms with E-state index in [1.165, 1.54) is 32.1 Å². The monoisotopic (exact) mass is 290 g/mol. The molecule has 2 fully saturated rings. The topological polar surface area (TPSA) is 61.0 Å². The summed E-state index contributed by atoms with van der Waals surface area (Å²) >= 11 is 0. The van der Waals surface area contributed by atoms with Crippen LogP contribution >= 0.6 is 0 Å². The maximum Gasteiger partial charge on any atom is 0.252 e. The van der Waals surface area contributed by atoms with Crippen LogP contribution in [0.25, 0.3) is 0 Å². The quantitative estimate of drug-likeness (QED) is 0.894. The average Bonchev–Trinajstić information content (AvgIpc) is 3.00. The van der Waals surface area contributed by atoms with Gasteiger partial charge in [0.2, 0.25) is 0 Å². The molecule has 3 rings (SSSR count). The Kier molecular flexibility index (Phi) is 4.29. The molecule has 5 nitrogen and oxygen atoms in total. The van der Waals surface area contributed by atoms with E-state index in [4.69, 9.17) is 4.98 Å². The van der Waals surface area contributed by atoms with Gasteiger partial charge < -0.3 is 15.2 Å². The molecule has 0 aromatic carbocycles. The number of hydrogen-bond donors (Lipinski definition) is 2. The van der Waals surface area contributed by atoms with Gasteiger partial charge in [0.25, 0.3) is 5.56 Å². The second-order valence-electron chi connectivity index (χ2n) is 6.60. The Bertz CT molecular complexity index is 533. The molecule has 0 bridgehead atoms. The van der Waals surface area contributed by atoms with E-state index < -0.39 is 0 Å². The largest absolute Gasteiger partial charge is 0.352 e. The molecule has 2 unspecified atom stereocenters. The molecular formula is C16H26N4O. The molecule has 0 amide bonds. The zero-order valence-corrected chi connectivity index (χ0v) is 13.1. The van der Waals surface area contributed by atoms with Gasteiger partial charge in [0.15, 0.2) is 0 Å². The van der Waals surface area contributed by atoms with Gasteiger partial charge in [0.05, 0.1) is 0 Å². The molecule has 1 aromatic rings. The summed E-state index contributed by atoms with van der Waals surface area (Å²) in [5.74, 6) is 1.90. The van der Waals surface area contributed by atoms with Gasteiger partial charge in [-0.1, -0.05) is 13.8 Å². The molecule has 116 valence electrons. The zero-order valence-electron chi connectivity index (χ0n) is 13.1. The maximum absolute atomic E-state index is 11.9. The highest BCUT2D eigenvalue weighted by Gasteiger charge is 2.32. The molecule has 2 aliphatic heterocycles. The fraction of sp³-hybridized carbons (Fsp3) is 0.750. The lowest BCUT2D eigenvalue weighted by atomic mass is 9.94. The fourth-order valence-corrected chi connectivity index (χ4v) is 3.58. The minimum atomic E-state index is -0.0348. The highest BCUT2D eigenvalue weighted by atomic mass is 16.1. The molecule has 3 heterocycles. The average molecular weight is 290 g/mol. The van der Waals surface area contributed by atoms with Crippen LogP contribution in [0.15, 0.2) is 10.9 Å². The number of anilines is 1. The van der Waals surface area contributed by atoms with Gasteiger partial charge in [-0.25, -0.2) is 4.98 Å². The summed E-state index contributed by atoms with van der Waals surface area (Å²) in [5.41, 5.74) is -0.0348. The lowest BCUT2D eigenvalue weighted by Crippen LogP contribution is -2.51. The summed E-state index contributed by atoms with van der Waals surface area (Å²) in [6.45, 7) is 6.26. The van der Waals surface area contributed by atoms with Gasteiger partial charge in [-0.2, -0.15) is 0 Å². The highest BCUT2D eigenvalue weighted by Crippen LogP contribution is 2.28. The molecule has 0 radical (unpaired) electrons. The second-order valence-corrected chi connectivity index (χ2v) is 6.60. The second kappa shape index (κ2) is 6.18. The number of aromatic nitrogens is 2. The molecule has 2 N–H and O–H groups in total. The van der Waals surface area contributed by atoms with Crippen molar-refractivity contribution in [2.45, 2.75) is 64.0 Å². The standard InChI is InChI=1S/C16H26N4O/c1-11(2)16-18-14(10-15(21)19-16)20-9-4-3-7-13(20)12-6-5-8-17-12/h10-13,17H,3-9H2,1-2H3,(H,18,19,21). The van der Waals surface area contributed by atoms with E-state index in [-0.39, 0.29) is 11.5 Å². The molecule has 2 saturated heterocycles. The van der Waals surface area contributed by atoms with E-state index in [9.17, 15) is 4.79 Å². The van der Waals surface area contributed by atoms with Crippen LogP contribution in [0.5, 0.6) is 0 Å². The van der Waals surface area contributed by atoms with Gasteiger partial charge >= 0.3 is 0 Å². The van der Waals surface area contributed by atoms with Crippen molar-refractivity contribution in [2.75, 3.05) is 18.0 Å². The maximum atomic E-state index is 11.9. The summed E-state index contributed by atoms with van der Waals surface area (Å²) in [7, 11) is 0. The minimum absolute atomic E-state index is 0.0348. The smallest absolute Gasteiger partial charge is 0.252 e. The first kappa shape index (κ1) is 14.6. The van der Waals surface area contributed by atoms with Crippen LogP contribution in [0.4, 0.5) is 5.82 Å². The molecule has 21 heavy (non-hydrogen) atoms. The van der Waals surface area contributed by atoms with E-state index in [1.807, 2.05) is 0 Å². The predicted octanol–water partition coefficient (Wildman–Crippen LogP) is 2.00. The summed E-state index contributed by atoms with van der Waals surface area (Å²) in [5, 5.41) is 3.62. The molecule has 0 aliphatic carbocycles. The minimum Gasteiger partial charge on any atom is -0.352 e. The van der Waals surface area contributed by atoms with E-state index >= 15 is 0 Å². The Morgan fingerprint density at radius 3 is 2.86 bits per heavy atom. The van der Waals surface area contributed by atoms with Crippen molar-refractivity contribution < 1.29 is 0 Å². The van der Waals surface area contributed by atoms with Crippen LogP contribution in [-0.2, 0) is 0 Å². The Morgan fingerprint density at radius 1 is 1.29 bits per heavy atom. The Labute approximate surface area is 126 Å². The van der Waals surface area contributed by atoms with Crippen LogP contribution in [0, 0.1) is 0 Å². The van der Waals surface area contributed by atoms with E-state index in [1.54, 1.807) is 6.07 Å². The Balaban J connectivity index is 1.90. The fourth-order valence-electron chi connectivity index (χ4n) is 3.58. The lowest BCUT2D eigenvalue weighted by Gasteiger charge is -2.40. The number of hydrogen-bond acceptors (Lipinski definition) is 4. The Morgan fingerprint density at radius 2 is 2.14 bits per heavy atom. The summed E-state index contributed by atoms with van der Waals surface area (Å²) < 4.78 is 0. The van der Waals surface area contributed by atoms with Crippen LogP contribution in [0.1, 0.15) is 57.7 Å². The Hall–Kier alpha value is -1.36. The van der Waals surface area contributed by atoms with Gasteiger partial charge in [0, 0.05) is 30.6 Å². The molecule has 0 spiro atoms. The SMILES string of the molecule is CC(C)c1nc(N2CCCCC2C2CCCN2)cc(=O)[nH]1. The molecule has 0 saturated carbocycles. The number of rotatable bonds is 3. The van der Waals surface area contributed by atoms with Crippen LogP contribution in [0.3, 0.4) is 0 Å². The number of piperidine rings is 1. The number of nitrogens with zero attached hydrogens (tertiary/aromatic N) is 2. The molecule has 2 aliphatic rings. The summed E-state index contributed by atoms with van der Waals surface area (Å²) in [6, 6.07) is 2.70. The van der Waals surface area contributed by atoms with Crippen LogP contribution < -0.4 is 15.8 Å². The summed E-state index contributed by atoms with van der Waals surface area (Å²) in [4.78, 5) is 21.9. The first-order valence-electron chi connectivity index (χ1n) is 8.26. The van der Waals surface area contributed by atoms with Gasteiger partial charge in [-0.15, -0.1) is 0 Å². The van der Waals surface area contributed by atoms with Crippen molar-refractivity contribution in [1.29, 1.82) is 0 Å². The third-order valence-electron chi connectivity index (χ3n) is 4.70. The van der Waals surface area contributed by atoms with Gasteiger partial charge in [-0.3, -0.25) is 4.79 Å². The van der Waals surface area contributed by atoms with Crippen molar-refractivity contribution >= 4 is 5.82 Å². The van der Waals surface area contributed by atoms with Gasteiger partial charge in [-0.05, 0) is 38.6 Å². The zero-order chi connectivity index (χ0) is 14.8. The van der Waals surface area contributed by atoms with E-state index in [2.05, 4.69) is 29.0 Å².